The molecule has 0 amide bonds. The monoisotopic (exact) mass is 230 g/mol. The second-order valence-electron chi connectivity index (χ2n) is 5.01. The van der Waals surface area contributed by atoms with E-state index in [4.69, 9.17) is 0 Å². The van der Waals surface area contributed by atoms with Crippen LogP contribution in [0.4, 0.5) is 0 Å². The second-order valence-corrected chi connectivity index (χ2v) is 5.01. The van der Waals surface area contributed by atoms with Crippen molar-refractivity contribution in [3.8, 4) is 0 Å². The Labute approximate surface area is 101 Å². The molecule has 3 heteroatoms. The summed E-state index contributed by atoms with van der Waals surface area (Å²) in [4.78, 5) is 19.3. The number of nitrogens with one attached hydrogen (secondary N) is 1. The minimum Gasteiger partial charge on any atom is -0.329 e. The van der Waals surface area contributed by atoms with Crippen molar-refractivity contribution in [2.45, 2.75) is 39.5 Å². The Hall–Kier alpha value is -1.64. The van der Waals surface area contributed by atoms with Crippen molar-refractivity contribution in [1.29, 1.82) is 0 Å². The maximum absolute atomic E-state index is 11.8. The van der Waals surface area contributed by atoms with Crippen LogP contribution in [0.15, 0.2) is 23.1 Å². The van der Waals surface area contributed by atoms with Gasteiger partial charge in [-0.2, -0.15) is 0 Å². The van der Waals surface area contributed by atoms with E-state index in [1.807, 2.05) is 12.1 Å². The number of hydrogen-bond donors (Lipinski definition) is 1. The summed E-state index contributed by atoms with van der Waals surface area (Å²) in [6.45, 7) is 8.39. The first kappa shape index (κ1) is 11.8. The maximum Gasteiger partial charge on any atom is 0.255 e. The number of hydrogen-bond acceptors (Lipinski definition) is 2. The molecule has 0 aliphatic carbocycles. The first-order chi connectivity index (χ1) is 8.00. The Balaban J connectivity index is 2.86. The van der Waals surface area contributed by atoms with E-state index >= 15 is 0 Å². The molecule has 0 unspecified atom stereocenters. The lowest BCUT2D eigenvalue weighted by Gasteiger charge is -2.13. The SMILES string of the molecule is CC(C)c1cc2c(=O)[nH]ccc2c(C(C)C)n1. The molecule has 0 fully saturated rings. The first-order valence-electron chi connectivity index (χ1n) is 6.03. The largest absolute Gasteiger partial charge is 0.329 e. The van der Waals surface area contributed by atoms with Crippen molar-refractivity contribution in [3.63, 3.8) is 0 Å². The Morgan fingerprint density at radius 3 is 2.41 bits per heavy atom. The Morgan fingerprint density at radius 1 is 1.12 bits per heavy atom. The van der Waals surface area contributed by atoms with Gasteiger partial charge < -0.3 is 4.98 Å². The third-order valence-electron chi connectivity index (χ3n) is 2.96. The lowest BCUT2D eigenvalue weighted by Crippen LogP contribution is -2.09. The minimum atomic E-state index is -0.0336. The van der Waals surface area contributed by atoms with Crippen molar-refractivity contribution in [2.75, 3.05) is 0 Å². The quantitative estimate of drug-likeness (QED) is 0.861. The van der Waals surface area contributed by atoms with Crippen molar-refractivity contribution < 1.29 is 0 Å². The summed E-state index contributed by atoms with van der Waals surface area (Å²) in [6, 6.07) is 3.84. The zero-order valence-corrected chi connectivity index (χ0v) is 10.7. The highest BCUT2D eigenvalue weighted by molar-refractivity contribution is 5.84. The number of nitrogens with zero attached hydrogens (tertiary/aromatic N) is 1. The average Bonchev–Trinajstić information content (AvgIpc) is 2.28. The predicted molar refractivity (Wildman–Crippen MR) is 70.5 cm³/mol. The van der Waals surface area contributed by atoms with Crippen LogP contribution in [0.2, 0.25) is 0 Å². The van der Waals surface area contributed by atoms with Crippen LogP contribution in [0.25, 0.3) is 10.8 Å². The fourth-order valence-electron chi connectivity index (χ4n) is 1.97. The fourth-order valence-corrected chi connectivity index (χ4v) is 1.97. The summed E-state index contributed by atoms with van der Waals surface area (Å²) in [5, 5.41) is 1.71. The van der Waals surface area contributed by atoms with E-state index in [0.717, 1.165) is 22.2 Å². The highest BCUT2D eigenvalue weighted by Crippen LogP contribution is 2.24. The molecular weight excluding hydrogens is 212 g/mol. The molecule has 0 saturated carbocycles. The standard InChI is InChI=1S/C14H18N2O/c1-8(2)12-7-11-10(5-6-15-14(11)17)13(16-12)9(3)4/h5-9H,1-4H3,(H,15,17). The van der Waals surface area contributed by atoms with Gasteiger partial charge in [-0.25, -0.2) is 0 Å². The van der Waals surface area contributed by atoms with Gasteiger partial charge >= 0.3 is 0 Å². The van der Waals surface area contributed by atoms with Crippen LogP contribution >= 0.6 is 0 Å². The van der Waals surface area contributed by atoms with Crippen LogP contribution in [-0.2, 0) is 0 Å². The molecule has 0 radical (unpaired) electrons. The van der Waals surface area contributed by atoms with Gasteiger partial charge in [0.1, 0.15) is 0 Å². The molecule has 0 spiro atoms. The normalized spacial score (nSPS) is 11.6. The Morgan fingerprint density at radius 2 is 1.82 bits per heavy atom. The second kappa shape index (κ2) is 4.32. The number of aromatic nitrogens is 2. The average molecular weight is 230 g/mol. The van der Waals surface area contributed by atoms with Gasteiger partial charge in [0, 0.05) is 17.3 Å². The molecule has 0 aliphatic rings. The van der Waals surface area contributed by atoms with Gasteiger partial charge in [-0.3, -0.25) is 9.78 Å². The van der Waals surface area contributed by atoms with E-state index in [-0.39, 0.29) is 5.56 Å². The lowest BCUT2D eigenvalue weighted by molar-refractivity contribution is 0.774. The molecule has 2 heterocycles. The lowest BCUT2D eigenvalue weighted by atomic mass is 10.00. The molecule has 1 N–H and O–H groups in total. The summed E-state index contributed by atoms with van der Waals surface area (Å²) < 4.78 is 0. The van der Waals surface area contributed by atoms with Crippen molar-refractivity contribution >= 4 is 10.8 Å². The van der Waals surface area contributed by atoms with E-state index in [1.54, 1.807) is 6.20 Å². The highest BCUT2D eigenvalue weighted by Gasteiger charge is 2.12. The van der Waals surface area contributed by atoms with Gasteiger partial charge in [0.2, 0.25) is 0 Å². The predicted octanol–water partition coefficient (Wildman–Crippen LogP) is 3.17. The smallest absolute Gasteiger partial charge is 0.255 e. The topological polar surface area (TPSA) is 45.8 Å². The van der Waals surface area contributed by atoms with E-state index in [1.165, 1.54) is 0 Å². The first-order valence-corrected chi connectivity index (χ1v) is 6.03. The Bertz CT molecular complexity index is 597. The summed E-state index contributed by atoms with van der Waals surface area (Å²) in [7, 11) is 0. The van der Waals surface area contributed by atoms with Gasteiger partial charge in [-0.05, 0) is 24.0 Å². The highest BCUT2D eigenvalue weighted by atomic mass is 16.1. The van der Waals surface area contributed by atoms with E-state index < -0.39 is 0 Å². The van der Waals surface area contributed by atoms with Gasteiger partial charge in [0.25, 0.3) is 5.56 Å². The molecule has 0 saturated heterocycles. The zero-order valence-electron chi connectivity index (χ0n) is 10.7. The Kier molecular flexibility index (Phi) is 3.01. The molecule has 90 valence electrons. The maximum atomic E-state index is 11.8. The van der Waals surface area contributed by atoms with Crippen molar-refractivity contribution in [3.05, 3.63) is 40.1 Å². The third kappa shape index (κ3) is 2.09. The summed E-state index contributed by atoms with van der Waals surface area (Å²) >= 11 is 0. The van der Waals surface area contributed by atoms with E-state index in [9.17, 15) is 4.79 Å². The molecule has 2 aromatic rings. The third-order valence-corrected chi connectivity index (χ3v) is 2.96. The number of fused-ring (bicyclic) bond motifs is 1. The van der Waals surface area contributed by atoms with E-state index in [0.29, 0.717) is 11.8 Å². The van der Waals surface area contributed by atoms with Crippen LogP contribution in [0.1, 0.15) is 50.9 Å². The van der Waals surface area contributed by atoms with E-state index in [2.05, 4.69) is 37.7 Å². The molecule has 2 rings (SSSR count). The van der Waals surface area contributed by atoms with Crippen LogP contribution < -0.4 is 5.56 Å². The van der Waals surface area contributed by atoms with Crippen molar-refractivity contribution in [1.82, 2.24) is 9.97 Å². The van der Waals surface area contributed by atoms with Gasteiger partial charge in [0.05, 0.1) is 11.1 Å². The number of H-pyrrole nitrogens is 1. The van der Waals surface area contributed by atoms with Crippen molar-refractivity contribution in [2.24, 2.45) is 0 Å². The molecule has 17 heavy (non-hydrogen) atoms. The molecule has 0 atom stereocenters. The summed E-state index contributed by atoms with van der Waals surface area (Å²) in [6.07, 6.45) is 1.69. The number of rotatable bonds is 2. The van der Waals surface area contributed by atoms with Gasteiger partial charge in [-0.15, -0.1) is 0 Å². The fraction of sp³-hybridized carbons (Fsp3) is 0.429. The molecule has 0 bridgehead atoms. The molecule has 2 aromatic heterocycles. The van der Waals surface area contributed by atoms with Gasteiger partial charge in [-0.1, -0.05) is 27.7 Å². The van der Waals surface area contributed by atoms with Crippen LogP contribution in [-0.4, -0.2) is 9.97 Å². The number of pyridine rings is 2. The van der Waals surface area contributed by atoms with Crippen LogP contribution in [0.3, 0.4) is 0 Å². The molecular formula is C14H18N2O. The molecule has 0 aliphatic heterocycles. The summed E-state index contributed by atoms with van der Waals surface area (Å²) in [5.41, 5.74) is 1.96. The summed E-state index contributed by atoms with van der Waals surface area (Å²) in [5.74, 6) is 0.648. The van der Waals surface area contributed by atoms with Crippen LogP contribution in [0, 0.1) is 0 Å². The van der Waals surface area contributed by atoms with Gasteiger partial charge in [0.15, 0.2) is 0 Å². The zero-order chi connectivity index (χ0) is 12.6. The molecule has 3 nitrogen and oxygen atoms in total. The van der Waals surface area contributed by atoms with Crippen LogP contribution in [0.5, 0.6) is 0 Å². The molecule has 0 aromatic carbocycles. The number of aromatic amines is 1. The minimum absolute atomic E-state index is 0.0336.